The van der Waals surface area contributed by atoms with E-state index < -0.39 is 0 Å². The largest absolute Gasteiger partial charge is 0.371 e. The predicted octanol–water partition coefficient (Wildman–Crippen LogP) is 0.0300. The summed E-state index contributed by atoms with van der Waals surface area (Å²) >= 11 is 0. The van der Waals surface area contributed by atoms with E-state index in [0.717, 1.165) is 156 Å². The van der Waals surface area contributed by atoms with E-state index in [-0.39, 0.29) is 18.3 Å². The van der Waals surface area contributed by atoms with Gasteiger partial charge in [0.2, 0.25) is 0 Å². The van der Waals surface area contributed by atoms with Gasteiger partial charge >= 0.3 is 0 Å². The smallest absolute Gasteiger partial charge is 0.0828 e. The Balaban J connectivity index is 1.38. The summed E-state index contributed by atoms with van der Waals surface area (Å²) in [5, 5.41) is 32.1. The molecule has 9 N–H and O–H groups in total. The molecule has 3 aliphatic rings. The molecule has 276 valence electrons. The molecule has 3 heterocycles. The van der Waals surface area contributed by atoms with Gasteiger partial charge in [-0.05, 0) is 134 Å². The lowest BCUT2D eigenvalue weighted by Gasteiger charge is -2.23. The molecule has 4 rings (SSSR count). The molecule has 0 unspecified atom stereocenters. The molecule has 0 saturated carbocycles. The summed E-state index contributed by atoms with van der Waals surface area (Å²) in [5.74, 6) is 0. The molecule has 1 aromatic carbocycles. The van der Waals surface area contributed by atoms with Crippen LogP contribution in [0, 0.1) is 0 Å². The molecule has 48 heavy (non-hydrogen) atoms. The van der Waals surface area contributed by atoms with E-state index in [2.05, 4.69) is 66.1 Å². The molecular formula is C36H69N9O3. The van der Waals surface area contributed by atoms with Gasteiger partial charge in [0.05, 0.1) is 38.1 Å². The Morgan fingerprint density at radius 2 is 0.542 bits per heavy atom. The Morgan fingerprint density at radius 3 is 0.771 bits per heavy atom. The normalized spacial score (nSPS) is 23.0. The van der Waals surface area contributed by atoms with Gasteiger partial charge in [0.25, 0.3) is 0 Å². The average Bonchev–Trinajstić information content (AvgIpc) is 3.07. The van der Waals surface area contributed by atoms with E-state index in [4.69, 9.17) is 14.2 Å². The van der Waals surface area contributed by atoms with Crippen LogP contribution in [0.15, 0.2) is 18.2 Å². The van der Waals surface area contributed by atoms with E-state index in [1.165, 1.54) is 16.7 Å². The molecule has 0 bridgehead atoms. The Labute approximate surface area is 291 Å². The van der Waals surface area contributed by atoms with Crippen LogP contribution in [0.3, 0.4) is 0 Å². The zero-order chi connectivity index (χ0) is 33.2. The van der Waals surface area contributed by atoms with Crippen LogP contribution in [0.25, 0.3) is 0 Å². The Bertz CT molecular complexity index is 768. The summed E-state index contributed by atoms with van der Waals surface area (Å²) in [4.78, 5) is 0. The molecule has 12 nitrogen and oxygen atoms in total. The van der Waals surface area contributed by atoms with Gasteiger partial charge in [-0.3, -0.25) is 0 Å². The summed E-state index contributed by atoms with van der Waals surface area (Å²) in [6.45, 7) is 19.2. The second-order valence-electron chi connectivity index (χ2n) is 13.6. The molecule has 0 atom stereocenters. The van der Waals surface area contributed by atoms with Crippen molar-refractivity contribution in [2.24, 2.45) is 0 Å². The van der Waals surface area contributed by atoms with Crippen LogP contribution in [0.2, 0.25) is 0 Å². The average molecular weight is 676 g/mol. The summed E-state index contributed by atoms with van der Waals surface area (Å²) in [7, 11) is 0. The van der Waals surface area contributed by atoms with E-state index >= 15 is 0 Å². The Morgan fingerprint density at radius 1 is 0.333 bits per heavy atom. The number of benzene rings is 1. The van der Waals surface area contributed by atoms with Gasteiger partial charge in [0.1, 0.15) is 0 Å². The van der Waals surface area contributed by atoms with Crippen molar-refractivity contribution in [2.75, 3.05) is 118 Å². The highest BCUT2D eigenvalue weighted by Gasteiger charge is 2.15. The molecule has 0 spiro atoms. The minimum Gasteiger partial charge on any atom is -0.371 e. The number of nitrogens with one attached hydrogen (secondary N) is 9. The zero-order valence-electron chi connectivity index (χ0n) is 29.8. The second-order valence-corrected chi connectivity index (χ2v) is 13.6. The highest BCUT2D eigenvalue weighted by Crippen LogP contribution is 2.16. The van der Waals surface area contributed by atoms with E-state index in [1.807, 2.05) is 0 Å². The summed E-state index contributed by atoms with van der Waals surface area (Å²) in [6, 6.07) is 6.79. The SMILES string of the molecule is c1c(COC2CNCCCNCCCNC2)cc(COC2CNCCCNCCCNC2)cc1COC1CNCCCNCCCNC1. The van der Waals surface area contributed by atoms with Crippen LogP contribution >= 0.6 is 0 Å². The third kappa shape index (κ3) is 18.7. The van der Waals surface area contributed by atoms with Crippen molar-refractivity contribution < 1.29 is 14.2 Å². The lowest BCUT2D eigenvalue weighted by molar-refractivity contribution is 0.0353. The molecule has 0 amide bonds. The first-order valence-electron chi connectivity index (χ1n) is 19.2. The molecule has 0 radical (unpaired) electrons. The Kier molecular flexibility index (Phi) is 21.8. The van der Waals surface area contributed by atoms with Crippen molar-refractivity contribution >= 4 is 0 Å². The van der Waals surface area contributed by atoms with Crippen LogP contribution in [0.5, 0.6) is 0 Å². The summed E-state index contributed by atoms with van der Waals surface area (Å²) in [5.41, 5.74) is 3.53. The predicted molar refractivity (Wildman–Crippen MR) is 196 cm³/mol. The van der Waals surface area contributed by atoms with Crippen molar-refractivity contribution in [3.63, 3.8) is 0 Å². The van der Waals surface area contributed by atoms with Gasteiger partial charge < -0.3 is 62.1 Å². The first kappa shape index (κ1) is 39.5. The van der Waals surface area contributed by atoms with E-state index in [9.17, 15) is 0 Å². The molecule has 1 aromatic rings. The maximum atomic E-state index is 6.56. The molecule has 12 heteroatoms. The van der Waals surface area contributed by atoms with Gasteiger partial charge in [-0.15, -0.1) is 0 Å². The number of rotatable bonds is 9. The van der Waals surface area contributed by atoms with Crippen molar-refractivity contribution in [1.29, 1.82) is 0 Å². The van der Waals surface area contributed by atoms with Crippen LogP contribution in [-0.4, -0.2) is 136 Å². The van der Waals surface area contributed by atoms with Gasteiger partial charge in [0, 0.05) is 39.3 Å². The van der Waals surface area contributed by atoms with Gasteiger partial charge in [-0.2, -0.15) is 0 Å². The third-order valence-electron chi connectivity index (χ3n) is 9.04. The highest BCUT2D eigenvalue weighted by molar-refractivity contribution is 5.29. The molecule has 3 fully saturated rings. The van der Waals surface area contributed by atoms with E-state index in [1.54, 1.807) is 0 Å². The van der Waals surface area contributed by atoms with Crippen molar-refractivity contribution in [3.05, 3.63) is 34.9 Å². The van der Waals surface area contributed by atoms with Crippen molar-refractivity contribution in [3.8, 4) is 0 Å². The van der Waals surface area contributed by atoms with Crippen LogP contribution in [0.1, 0.15) is 55.2 Å². The maximum absolute atomic E-state index is 6.56. The topological polar surface area (TPSA) is 136 Å². The van der Waals surface area contributed by atoms with Crippen LogP contribution in [-0.2, 0) is 34.0 Å². The summed E-state index contributed by atoms with van der Waals surface area (Å²) < 4.78 is 19.7. The molecule has 0 aromatic heterocycles. The minimum absolute atomic E-state index is 0.115. The fraction of sp³-hybridized carbons (Fsp3) is 0.833. The van der Waals surface area contributed by atoms with Gasteiger partial charge in [-0.25, -0.2) is 0 Å². The minimum atomic E-state index is 0.115. The second kappa shape index (κ2) is 26.5. The van der Waals surface area contributed by atoms with Gasteiger partial charge in [0.15, 0.2) is 0 Å². The molecule has 0 aliphatic carbocycles. The molecule has 3 aliphatic heterocycles. The first-order chi connectivity index (χ1) is 23.8. The number of hydrogen-bond acceptors (Lipinski definition) is 12. The van der Waals surface area contributed by atoms with Gasteiger partial charge in [-0.1, -0.05) is 18.2 Å². The maximum Gasteiger partial charge on any atom is 0.0828 e. The standard InChI is InChI=1S/C36H69N9O3/c1-7-37-8-2-14-41-23-34(22-40-13-1)46-28-31-19-32(29-47-35-24-42-15-3-9-38-10-4-16-43-25-35)21-33(20-31)30-48-36-26-44-17-5-11-39-12-6-18-45-27-36/h19-21,34-45H,1-18,22-30H2. The zero-order valence-corrected chi connectivity index (χ0v) is 29.8. The first-order valence-corrected chi connectivity index (χ1v) is 19.2. The number of ether oxygens (including phenoxy) is 3. The van der Waals surface area contributed by atoms with Crippen molar-refractivity contribution in [1.82, 2.24) is 47.9 Å². The van der Waals surface area contributed by atoms with Crippen molar-refractivity contribution in [2.45, 2.75) is 76.7 Å². The lowest BCUT2D eigenvalue weighted by atomic mass is 10.1. The van der Waals surface area contributed by atoms with Crippen LogP contribution in [0.4, 0.5) is 0 Å². The Hall–Kier alpha value is -1.26. The summed E-state index contributed by atoms with van der Waals surface area (Å²) in [6.07, 6.45) is 7.17. The quantitative estimate of drug-likeness (QED) is 0.175. The monoisotopic (exact) mass is 676 g/mol. The fourth-order valence-corrected chi connectivity index (χ4v) is 6.29. The fourth-order valence-electron chi connectivity index (χ4n) is 6.29. The van der Waals surface area contributed by atoms with Crippen LogP contribution < -0.4 is 47.9 Å². The lowest BCUT2D eigenvalue weighted by Crippen LogP contribution is -2.40. The molecule has 3 saturated heterocycles. The number of hydrogen-bond donors (Lipinski definition) is 9. The highest BCUT2D eigenvalue weighted by atomic mass is 16.5. The third-order valence-corrected chi connectivity index (χ3v) is 9.04. The van der Waals surface area contributed by atoms with E-state index in [0.29, 0.717) is 19.8 Å². The molecular weight excluding hydrogens is 606 g/mol.